The van der Waals surface area contributed by atoms with Gasteiger partial charge < -0.3 is 4.90 Å². The molecule has 6 nitrogen and oxygen atoms in total. The predicted octanol–water partition coefficient (Wildman–Crippen LogP) is -0.172. The van der Waals surface area contributed by atoms with Crippen LogP contribution in [0.2, 0.25) is 0 Å². The number of likely N-dealkylation sites (tertiary alicyclic amines) is 1. The molecule has 118 valence electrons. The standard InChI is InChI=1S/C17H18N4O2/c18-10-14-12-21(17(23)19-16(14)22)15-6-8-20(9-7-15)11-13-4-2-1-3-5-13/h1-5,12,15H,6-9,11H2,(H,19,22,23)/p+1. The van der Waals surface area contributed by atoms with E-state index in [0.29, 0.717) is 0 Å². The number of nitrogens with zero attached hydrogens (tertiary/aromatic N) is 2. The van der Waals surface area contributed by atoms with Gasteiger partial charge in [0, 0.05) is 30.6 Å². The number of benzene rings is 1. The smallest absolute Gasteiger partial charge is 0.328 e. The monoisotopic (exact) mass is 311 g/mol. The molecule has 1 aliphatic rings. The normalized spacial score (nSPS) is 20.8. The third-order valence-corrected chi connectivity index (χ3v) is 4.44. The first-order valence-corrected chi connectivity index (χ1v) is 7.80. The van der Waals surface area contributed by atoms with Gasteiger partial charge in [0.2, 0.25) is 0 Å². The van der Waals surface area contributed by atoms with Crippen LogP contribution < -0.4 is 16.1 Å². The molecule has 1 saturated heterocycles. The van der Waals surface area contributed by atoms with Crippen molar-refractivity contribution in [3.05, 3.63) is 68.5 Å². The Morgan fingerprint density at radius 2 is 1.91 bits per heavy atom. The Morgan fingerprint density at radius 1 is 1.22 bits per heavy atom. The summed E-state index contributed by atoms with van der Waals surface area (Å²) >= 11 is 0. The van der Waals surface area contributed by atoms with Crippen molar-refractivity contribution >= 4 is 0 Å². The number of rotatable bonds is 3. The molecule has 0 atom stereocenters. The number of aromatic nitrogens is 2. The van der Waals surface area contributed by atoms with E-state index >= 15 is 0 Å². The molecule has 0 radical (unpaired) electrons. The van der Waals surface area contributed by atoms with Crippen LogP contribution in [-0.2, 0) is 6.54 Å². The summed E-state index contributed by atoms with van der Waals surface area (Å²) in [7, 11) is 0. The topological polar surface area (TPSA) is 83.1 Å². The van der Waals surface area contributed by atoms with Crippen molar-refractivity contribution < 1.29 is 4.90 Å². The first kappa shape index (κ1) is 15.3. The lowest BCUT2D eigenvalue weighted by molar-refractivity contribution is -0.919. The van der Waals surface area contributed by atoms with E-state index in [1.54, 1.807) is 0 Å². The highest BCUT2D eigenvalue weighted by atomic mass is 16.2. The van der Waals surface area contributed by atoms with Crippen molar-refractivity contribution in [1.82, 2.24) is 9.55 Å². The van der Waals surface area contributed by atoms with Gasteiger partial charge in [0.05, 0.1) is 13.1 Å². The van der Waals surface area contributed by atoms with Crippen LogP contribution >= 0.6 is 0 Å². The maximum Gasteiger partial charge on any atom is 0.328 e. The second-order valence-electron chi connectivity index (χ2n) is 5.96. The fraction of sp³-hybridized carbons (Fsp3) is 0.353. The summed E-state index contributed by atoms with van der Waals surface area (Å²) in [5.74, 6) is 0. The van der Waals surface area contributed by atoms with Crippen molar-refractivity contribution in [2.75, 3.05) is 13.1 Å². The molecule has 2 aromatic rings. The van der Waals surface area contributed by atoms with Gasteiger partial charge >= 0.3 is 5.69 Å². The molecule has 1 aromatic heterocycles. The zero-order valence-corrected chi connectivity index (χ0v) is 12.8. The van der Waals surface area contributed by atoms with Gasteiger partial charge in [-0.05, 0) is 0 Å². The van der Waals surface area contributed by atoms with Crippen LogP contribution in [0.1, 0.15) is 30.0 Å². The summed E-state index contributed by atoms with van der Waals surface area (Å²) in [6, 6.07) is 12.2. The molecule has 0 unspecified atom stereocenters. The molecule has 2 heterocycles. The lowest BCUT2D eigenvalue weighted by Crippen LogP contribution is -3.11. The number of nitrogens with one attached hydrogen (secondary N) is 2. The van der Waals surface area contributed by atoms with Crippen molar-refractivity contribution in [3.63, 3.8) is 0 Å². The summed E-state index contributed by atoms with van der Waals surface area (Å²) in [6.07, 6.45) is 3.12. The average Bonchev–Trinajstić information content (AvgIpc) is 2.57. The molecule has 23 heavy (non-hydrogen) atoms. The third kappa shape index (κ3) is 3.41. The van der Waals surface area contributed by atoms with E-state index in [1.807, 2.05) is 24.3 Å². The fourth-order valence-electron chi connectivity index (χ4n) is 3.19. The molecule has 6 heteroatoms. The number of H-pyrrole nitrogens is 1. The van der Waals surface area contributed by atoms with Crippen LogP contribution in [0.15, 0.2) is 46.1 Å². The van der Waals surface area contributed by atoms with Gasteiger partial charge in [-0.15, -0.1) is 0 Å². The quantitative estimate of drug-likeness (QED) is 0.825. The first-order chi connectivity index (χ1) is 11.2. The Hall–Kier alpha value is -2.65. The van der Waals surface area contributed by atoms with E-state index in [1.165, 1.54) is 21.2 Å². The maximum absolute atomic E-state index is 12.0. The first-order valence-electron chi connectivity index (χ1n) is 7.80. The summed E-state index contributed by atoms with van der Waals surface area (Å²) in [5, 5.41) is 8.95. The summed E-state index contributed by atoms with van der Waals surface area (Å²) in [4.78, 5) is 27.2. The van der Waals surface area contributed by atoms with Gasteiger partial charge in [-0.25, -0.2) is 4.79 Å². The van der Waals surface area contributed by atoms with E-state index in [2.05, 4.69) is 17.1 Å². The Balaban J connectivity index is 1.69. The molecule has 3 rings (SSSR count). The Kier molecular flexibility index (Phi) is 4.40. The fourth-order valence-corrected chi connectivity index (χ4v) is 3.19. The van der Waals surface area contributed by atoms with E-state index in [-0.39, 0.29) is 11.6 Å². The lowest BCUT2D eigenvalue weighted by Gasteiger charge is -2.30. The molecule has 0 spiro atoms. The van der Waals surface area contributed by atoms with Crippen LogP contribution in [0.3, 0.4) is 0 Å². The minimum absolute atomic E-state index is 0.0105. The molecule has 0 bridgehead atoms. The number of nitriles is 1. The van der Waals surface area contributed by atoms with Crippen molar-refractivity contribution in [3.8, 4) is 6.07 Å². The van der Waals surface area contributed by atoms with Gasteiger partial charge in [0.25, 0.3) is 5.56 Å². The molecular weight excluding hydrogens is 292 g/mol. The summed E-state index contributed by atoms with van der Waals surface area (Å²) in [6.45, 7) is 2.91. The average molecular weight is 311 g/mol. The third-order valence-electron chi connectivity index (χ3n) is 4.44. The minimum Gasteiger partial charge on any atom is -0.331 e. The van der Waals surface area contributed by atoms with Crippen molar-refractivity contribution in [1.29, 1.82) is 5.26 Å². The van der Waals surface area contributed by atoms with Crippen LogP contribution in [-0.4, -0.2) is 22.6 Å². The number of aromatic amines is 1. The Labute approximate surface area is 133 Å². The largest absolute Gasteiger partial charge is 0.331 e. The number of hydrogen-bond acceptors (Lipinski definition) is 3. The Bertz CT molecular complexity index is 824. The van der Waals surface area contributed by atoms with Crippen molar-refractivity contribution in [2.24, 2.45) is 0 Å². The second kappa shape index (κ2) is 6.63. The molecule has 0 saturated carbocycles. The number of quaternary nitrogens is 1. The van der Waals surface area contributed by atoms with E-state index < -0.39 is 11.2 Å². The highest BCUT2D eigenvalue weighted by Gasteiger charge is 2.24. The highest BCUT2D eigenvalue weighted by Crippen LogP contribution is 2.14. The summed E-state index contributed by atoms with van der Waals surface area (Å²) in [5.41, 5.74) is 0.268. The van der Waals surface area contributed by atoms with Gasteiger partial charge in [-0.1, -0.05) is 30.3 Å². The molecular formula is C17H19N4O2+. The highest BCUT2D eigenvalue weighted by molar-refractivity contribution is 5.22. The van der Waals surface area contributed by atoms with Gasteiger partial charge in [0.1, 0.15) is 18.2 Å². The van der Waals surface area contributed by atoms with Crippen molar-refractivity contribution in [2.45, 2.75) is 25.4 Å². The van der Waals surface area contributed by atoms with Crippen LogP contribution in [0.25, 0.3) is 0 Å². The van der Waals surface area contributed by atoms with Crippen LogP contribution in [0, 0.1) is 11.3 Å². The minimum atomic E-state index is -0.610. The summed E-state index contributed by atoms with van der Waals surface area (Å²) < 4.78 is 1.51. The molecule has 1 aromatic carbocycles. The zero-order chi connectivity index (χ0) is 16.2. The lowest BCUT2D eigenvalue weighted by atomic mass is 10.0. The van der Waals surface area contributed by atoms with Gasteiger partial charge in [-0.2, -0.15) is 5.26 Å². The number of hydrogen-bond donors (Lipinski definition) is 2. The number of piperidine rings is 1. The van der Waals surface area contributed by atoms with Crippen LogP contribution in [0.4, 0.5) is 0 Å². The van der Waals surface area contributed by atoms with Crippen LogP contribution in [0.5, 0.6) is 0 Å². The second-order valence-corrected chi connectivity index (χ2v) is 5.96. The Morgan fingerprint density at radius 3 is 2.57 bits per heavy atom. The zero-order valence-electron chi connectivity index (χ0n) is 12.8. The molecule has 0 aliphatic carbocycles. The van der Waals surface area contributed by atoms with Gasteiger partial charge in [0.15, 0.2) is 0 Å². The molecule has 1 aliphatic heterocycles. The van der Waals surface area contributed by atoms with E-state index in [0.717, 1.165) is 32.5 Å². The molecule has 1 fully saturated rings. The molecule has 2 N–H and O–H groups in total. The predicted molar refractivity (Wildman–Crippen MR) is 85.2 cm³/mol. The maximum atomic E-state index is 12.0. The van der Waals surface area contributed by atoms with E-state index in [9.17, 15) is 9.59 Å². The SMILES string of the molecule is N#Cc1cn(C2CC[NH+](Cc3ccccc3)CC2)c(=O)[nH]c1=O. The van der Waals surface area contributed by atoms with E-state index in [4.69, 9.17) is 5.26 Å². The van der Waals surface area contributed by atoms with Gasteiger partial charge in [-0.3, -0.25) is 14.3 Å². The molecule has 0 amide bonds.